The molecule has 256 valence electrons. The monoisotopic (exact) mass is 700 g/mol. The number of hydrogen-bond acceptors (Lipinski definition) is 1. The van der Waals surface area contributed by atoms with Gasteiger partial charge in [-0.3, -0.25) is 0 Å². The number of benzene rings is 9. The number of fused-ring (bicyclic) bond motifs is 11. The fourth-order valence-electron chi connectivity index (χ4n) is 8.94. The highest BCUT2D eigenvalue weighted by molar-refractivity contribution is 6.19. The van der Waals surface area contributed by atoms with Gasteiger partial charge in [0.25, 0.3) is 0 Å². The number of hydrogen-bond donors (Lipinski definition) is 0. The van der Waals surface area contributed by atoms with Crippen LogP contribution in [0.4, 0.5) is 0 Å². The maximum absolute atomic E-state index is 6.29. The second-order valence-corrected chi connectivity index (χ2v) is 14.5. The molecule has 55 heavy (non-hydrogen) atoms. The Kier molecular flexibility index (Phi) is 6.34. The first-order valence-corrected chi connectivity index (χ1v) is 18.8. The smallest absolute Gasteiger partial charge is 0.137 e. The fourth-order valence-corrected chi connectivity index (χ4v) is 8.94. The number of rotatable bonds is 4. The average molecular weight is 701 g/mol. The van der Waals surface area contributed by atoms with E-state index in [4.69, 9.17) is 4.42 Å². The van der Waals surface area contributed by atoms with E-state index in [0.717, 1.165) is 27.6 Å². The van der Waals surface area contributed by atoms with E-state index in [0.29, 0.717) is 0 Å². The molecule has 0 amide bonds. The molecule has 0 bridgehead atoms. The lowest BCUT2D eigenvalue weighted by atomic mass is 9.98. The summed E-state index contributed by atoms with van der Waals surface area (Å²) in [5.74, 6) is 0. The number of furan rings is 1. The molecular weight excluding hydrogens is 669 g/mol. The van der Waals surface area contributed by atoms with Crippen molar-refractivity contribution in [2.45, 2.75) is 0 Å². The van der Waals surface area contributed by atoms with Crippen molar-refractivity contribution in [2.75, 3.05) is 0 Å². The van der Waals surface area contributed by atoms with Crippen LogP contribution in [0, 0.1) is 0 Å². The van der Waals surface area contributed by atoms with Gasteiger partial charge in [0.1, 0.15) is 11.2 Å². The summed E-state index contributed by atoms with van der Waals surface area (Å²) in [4.78, 5) is 0. The summed E-state index contributed by atoms with van der Waals surface area (Å²) in [6, 6.07) is 70.3. The third-order valence-corrected chi connectivity index (χ3v) is 11.5. The SMILES string of the molecule is c1ccc(-n2c3ccc(-c4ccc(-c5ccc6c(c5)c5ccccc5n6-c5ccc6c(c5)oc5ccccc56)cc4)cc3c3ccc4ccccc4c32)cc1. The molecule has 3 heteroatoms. The highest BCUT2D eigenvalue weighted by atomic mass is 16.3. The minimum Gasteiger partial charge on any atom is -0.456 e. The average Bonchev–Trinajstić information content (AvgIpc) is 3.91. The van der Waals surface area contributed by atoms with Gasteiger partial charge in [0.2, 0.25) is 0 Å². The zero-order chi connectivity index (χ0) is 36.0. The van der Waals surface area contributed by atoms with Crippen LogP contribution in [0.3, 0.4) is 0 Å². The van der Waals surface area contributed by atoms with Crippen molar-refractivity contribution in [1.82, 2.24) is 9.13 Å². The lowest BCUT2D eigenvalue weighted by Crippen LogP contribution is -1.94. The molecule has 0 aliphatic rings. The summed E-state index contributed by atoms with van der Waals surface area (Å²) in [7, 11) is 0. The Labute approximate surface area is 316 Å². The van der Waals surface area contributed by atoms with Crippen LogP contribution in [0.2, 0.25) is 0 Å². The van der Waals surface area contributed by atoms with Crippen LogP contribution in [0.5, 0.6) is 0 Å². The molecule has 0 saturated carbocycles. The van der Waals surface area contributed by atoms with Crippen LogP contribution >= 0.6 is 0 Å². The maximum atomic E-state index is 6.29. The molecule has 0 saturated heterocycles. The highest BCUT2D eigenvalue weighted by Gasteiger charge is 2.17. The van der Waals surface area contributed by atoms with Gasteiger partial charge in [0.15, 0.2) is 0 Å². The zero-order valence-corrected chi connectivity index (χ0v) is 29.8. The van der Waals surface area contributed by atoms with Crippen LogP contribution in [0.25, 0.3) is 110 Å². The summed E-state index contributed by atoms with van der Waals surface area (Å²) < 4.78 is 11.1. The predicted molar refractivity (Wildman–Crippen MR) is 231 cm³/mol. The summed E-state index contributed by atoms with van der Waals surface area (Å²) in [6.45, 7) is 0. The Hall–Kier alpha value is -7.36. The Bertz CT molecular complexity index is 3470. The van der Waals surface area contributed by atoms with Crippen molar-refractivity contribution in [1.29, 1.82) is 0 Å². The van der Waals surface area contributed by atoms with E-state index in [9.17, 15) is 0 Å². The van der Waals surface area contributed by atoms with Gasteiger partial charge >= 0.3 is 0 Å². The van der Waals surface area contributed by atoms with Crippen LogP contribution in [0.15, 0.2) is 199 Å². The first-order valence-electron chi connectivity index (χ1n) is 18.8. The lowest BCUT2D eigenvalue weighted by Gasteiger charge is -2.10. The van der Waals surface area contributed by atoms with Gasteiger partial charge in [-0.05, 0) is 88.3 Å². The van der Waals surface area contributed by atoms with E-state index < -0.39 is 0 Å². The summed E-state index contributed by atoms with van der Waals surface area (Å²) >= 11 is 0. The molecule has 0 unspecified atom stereocenters. The van der Waals surface area contributed by atoms with E-state index in [1.807, 2.05) is 12.1 Å². The molecule has 0 atom stereocenters. The van der Waals surface area contributed by atoms with Gasteiger partial charge < -0.3 is 13.6 Å². The predicted octanol–water partition coefficient (Wildman–Crippen LogP) is 14.3. The molecule has 3 aromatic heterocycles. The molecular formula is C52H32N2O. The molecule has 0 aliphatic carbocycles. The second kappa shape index (κ2) is 11.6. The first-order chi connectivity index (χ1) is 27.3. The molecule has 9 aromatic carbocycles. The van der Waals surface area contributed by atoms with Crippen molar-refractivity contribution in [2.24, 2.45) is 0 Å². The number of nitrogens with zero attached hydrogens (tertiary/aromatic N) is 2. The normalized spacial score (nSPS) is 12.0. The maximum Gasteiger partial charge on any atom is 0.137 e. The summed E-state index contributed by atoms with van der Waals surface area (Å²) in [5, 5.41) is 9.78. The van der Waals surface area contributed by atoms with Crippen molar-refractivity contribution < 1.29 is 4.42 Å². The number of para-hydroxylation sites is 3. The van der Waals surface area contributed by atoms with Crippen LogP contribution in [0.1, 0.15) is 0 Å². The Balaban J connectivity index is 0.951. The highest BCUT2D eigenvalue weighted by Crippen LogP contribution is 2.40. The van der Waals surface area contributed by atoms with Crippen LogP contribution in [-0.4, -0.2) is 9.13 Å². The Morgan fingerprint density at radius 3 is 1.64 bits per heavy atom. The van der Waals surface area contributed by atoms with Gasteiger partial charge in [-0.25, -0.2) is 0 Å². The Morgan fingerprint density at radius 1 is 0.291 bits per heavy atom. The Morgan fingerprint density at radius 2 is 0.855 bits per heavy atom. The zero-order valence-electron chi connectivity index (χ0n) is 29.8. The standard InChI is InChI=1S/C52H32N2O/c1-2-11-38(12-3-1)54-49-29-24-37(31-46(49)44-26-22-35-10-4-5-13-40(35)52(44)54)34-20-18-33(19-21-34)36-23-28-48-45(30-36)41-14-6-8-16-47(41)53(48)39-25-27-43-42-15-7-9-17-50(42)55-51(43)32-39/h1-32H. The lowest BCUT2D eigenvalue weighted by molar-refractivity contribution is 0.668. The van der Waals surface area contributed by atoms with E-state index >= 15 is 0 Å². The van der Waals surface area contributed by atoms with Gasteiger partial charge in [-0.1, -0.05) is 127 Å². The first kappa shape index (κ1) is 30.1. The van der Waals surface area contributed by atoms with E-state index in [-0.39, 0.29) is 0 Å². The molecule has 3 nitrogen and oxygen atoms in total. The topological polar surface area (TPSA) is 23.0 Å². The van der Waals surface area contributed by atoms with Gasteiger partial charge in [-0.2, -0.15) is 0 Å². The van der Waals surface area contributed by atoms with E-state index in [1.165, 1.54) is 82.3 Å². The van der Waals surface area contributed by atoms with Crippen molar-refractivity contribution in [3.63, 3.8) is 0 Å². The van der Waals surface area contributed by atoms with Crippen LogP contribution < -0.4 is 0 Å². The van der Waals surface area contributed by atoms with Crippen molar-refractivity contribution in [3.8, 4) is 33.6 Å². The minimum atomic E-state index is 0.899. The fraction of sp³-hybridized carbons (Fsp3) is 0. The van der Waals surface area contributed by atoms with Gasteiger partial charge in [0.05, 0.1) is 22.1 Å². The van der Waals surface area contributed by atoms with Gasteiger partial charge in [-0.15, -0.1) is 0 Å². The minimum absolute atomic E-state index is 0.899. The van der Waals surface area contributed by atoms with E-state index in [2.05, 4.69) is 191 Å². The largest absolute Gasteiger partial charge is 0.456 e. The third kappa shape index (κ3) is 4.50. The quantitative estimate of drug-likeness (QED) is 0.179. The molecule has 0 aliphatic heterocycles. The molecule has 3 heterocycles. The summed E-state index contributed by atoms with van der Waals surface area (Å²) in [6.07, 6.45) is 0. The third-order valence-electron chi connectivity index (χ3n) is 11.5. The molecule has 12 rings (SSSR count). The molecule has 0 fully saturated rings. The molecule has 0 N–H and O–H groups in total. The van der Waals surface area contributed by atoms with E-state index in [1.54, 1.807) is 0 Å². The molecule has 0 radical (unpaired) electrons. The molecule has 0 spiro atoms. The van der Waals surface area contributed by atoms with Crippen molar-refractivity contribution in [3.05, 3.63) is 194 Å². The second-order valence-electron chi connectivity index (χ2n) is 14.5. The molecule has 12 aromatic rings. The summed E-state index contributed by atoms with van der Waals surface area (Å²) in [5.41, 5.74) is 13.7. The van der Waals surface area contributed by atoms with Gasteiger partial charge in [0, 0.05) is 55.1 Å². The van der Waals surface area contributed by atoms with Crippen LogP contribution in [-0.2, 0) is 0 Å². The number of aromatic nitrogens is 2. The van der Waals surface area contributed by atoms with Crippen molar-refractivity contribution >= 4 is 76.3 Å².